The average molecular weight is 409 g/mol. The van der Waals surface area contributed by atoms with Gasteiger partial charge in [0.2, 0.25) is 0 Å². The number of ether oxygens (including phenoxy) is 3. The van der Waals surface area contributed by atoms with Gasteiger partial charge >= 0.3 is 0 Å². The van der Waals surface area contributed by atoms with Crippen LogP contribution in [0.4, 0.5) is 0 Å². The molecule has 4 fully saturated rings. The number of hydrogen-bond acceptors (Lipinski definition) is 5. The van der Waals surface area contributed by atoms with Gasteiger partial charge in [-0.25, -0.2) is 0 Å². The van der Waals surface area contributed by atoms with Crippen molar-refractivity contribution < 1.29 is 24.1 Å². The van der Waals surface area contributed by atoms with Crippen LogP contribution in [0.1, 0.15) is 64.7 Å². The lowest BCUT2D eigenvalue weighted by molar-refractivity contribution is -0.180. The van der Waals surface area contributed by atoms with Gasteiger partial charge in [-0.1, -0.05) is 0 Å². The Balaban J connectivity index is 1.60. The minimum Gasteiger partial charge on any atom is -0.396 e. The standard InChI is InChI=1S/C24H40O5/c1-16(26)24-11-9-21-20(22(24)7-5-18(24)13-25)6-4-17-12-19(29-15-28-3)8-10-23(17,21)14-27-2/h17-22,25H,4-15H2,1-3H3/t17-,18+,19+,20?,21?,22?,23+,24+/m0/s1. The van der Waals surface area contributed by atoms with Crippen molar-refractivity contribution in [1.82, 2.24) is 0 Å². The zero-order valence-electron chi connectivity index (χ0n) is 18.5. The zero-order valence-corrected chi connectivity index (χ0v) is 18.5. The van der Waals surface area contributed by atoms with Crippen LogP contribution in [0.2, 0.25) is 0 Å². The summed E-state index contributed by atoms with van der Waals surface area (Å²) in [5.74, 6) is 2.83. The molecule has 29 heavy (non-hydrogen) atoms. The van der Waals surface area contributed by atoms with E-state index in [2.05, 4.69) is 0 Å². The van der Waals surface area contributed by atoms with Gasteiger partial charge in [-0.2, -0.15) is 0 Å². The van der Waals surface area contributed by atoms with Gasteiger partial charge in [-0.3, -0.25) is 4.79 Å². The first kappa shape index (κ1) is 21.7. The van der Waals surface area contributed by atoms with Crippen molar-refractivity contribution in [1.29, 1.82) is 0 Å². The average Bonchev–Trinajstić information content (AvgIpc) is 3.12. The fourth-order valence-corrected chi connectivity index (χ4v) is 8.64. The number of rotatable bonds is 7. The second-order valence-electron chi connectivity index (χ2n) is 10.4. The third-order valence-electron chi connectivity index (χ3n) is 9.71. The van der Waals surface area contributed by atoms with E-state index < -0.39 is 0 Å². The van der Waals surface area contributed by atoms with E-state index >= 15 is 0 Å². The molecule has 5 nitrogen and oxygen atoms in total. The lowest BCUT2D eigenvalue weighted by Crippen LogP contribution is -2.58. The van der Waals surface area contributed by atoms with Crippen molar-refractivity contribution in [3.05, 3.63) is 0 Å². The lowest BCUT2D eigenvalue weighted by atomic mass is 9.43. The molecule has 5 heteroatoms. The van der Waals surface area contributed by atoms with Crippen molar-refractivity contribution in [2.24, 2.45) is 40.4 Å². The number of fused-ring (bicyclic) bond motifs is 5. The predicted octanol–water partition coefficient (Wildman–Crippen LogP) is 3.82. The largest absolute Gasteiger partial charge is 0.396 e. The molecule has 0 spiro atoms. The summed E-state index contributed by atoms with van der Waals surface area (Å²) >= 11 is 0. The summed E-state index contributed by atoms with van der Waals surface area (Å²) in [7, 11) is 3.54. The van der Waals surface area contributed by atoms with E-state index in [9.17, 15) is 9.90 Å². The molecule has 0 aromatic rings. The van der Waals surface area contributed by atoms with Crippen LogP contribution in [0, 0.1) is 40.4 Å². The van der Waals surface area contributed by atoms with E-state index in [-0.39, 0.29) is 23.4 Å². The topological polar surface area (TPSA) is 65.0 Å². The molecule has 0 aliphatic heterocycles. The van der Waals surface area contributed by atoms with Crippen LogP contribution in [-0.4, -0.2) is 51.2 Å². The van der Waals surface area contributed by atoms with E-state index in [4.69, 9.17) is 14.2 Å². The van der Waals surface area contributed by atoms with Gasteiger partial charge in [0, 0.05) is 26.2 Å². The first-order valence-corrected chi connectivity index (χ1v) is 11.7. The third kappa shape index (κ3) is 3.31. The Labute approximate surface area is 175 Å². The number of aliphatic hydroxyl groups is 1. The second kappa shape index (κ2) is 8.57. The molecular weight excluding hydrogens is 368 g/mol. The summed E-state index contributed by atoms with van der Waals surface area (Å²) in [6.07, 6.45) is 10.3. The zero-order chi connectivity index (χ0) is 20.6. The molecule has 1 N–H and O–H groups in total. The quantitative estimate of drug-likeness (QED) is 0.649. The minimum atomic E-state index is -0.268. The molecule has 0 saturated heterocycles. The summed E-state index contributed by atoms with van der Waals surface area (Å²) in [4.78, 5) is 12.9. The smallest absolute Gasteiger partial charge is 0.146 e. The van der Waals surface area contributed by atoms with Crippen LogP contribution in [0.25, 0.3) is 0 Å². The van der Waals surface area contributed by atoms with Crippen molar-refractivity contribution in [2.75, 3.05) is 34.2 Å². The summed E-state index contributed by atoms with van der Waals surface area (Å²) in [5.41, 5.74) is -0.0410. The molecule has 4 saturated carbocycles. The summed E-state index contributed by atoms with van der Waals surface area (Å²) in [6.45, 7) is 3.17. The van der Waals surface area contributed by atoms with Crippen molar-refractivity contribution in [3.8, 4) is 0 Å². The fraction of sp³-hybridized carbons (Fsp3) is 0.958. The van der Waals surface area contributed by atoms with E-state index in [1.807, 2.05) is 7.11 Å². The lowest BCUT2D eigenvalue weighted by Gasteiger charge is -2.62. The third-order valence-corrected chi connectivity index (χ3v) is 9.71. The van der Waals surface area contributed by atoms with Crippen molar-refractivity contribution in [3.63, 3.8) is 0 Å². The van der Waals surface area contributed by atoms with Gasteiger partial charge in [-0.15, -0.1) is 0 Å². The van der Waals surface area contributed by atoms with Crippen molar-refractivity contribution >= 4 is 5.78 Å². The molecule has 4 aliphatic rings. The molecule has 166 valence electrons. The van der Waals surface area contributed by atoms with E-state index in [1.54, 1.807) is 14.0 Å². The number of carbonyl (C=O) groups is 1. The Bertz CT molecular complexity index is 594. The maximum absolute atomic E-state index is 12.9. The second-order valence-corrected chi connectivity index (χ2v) is 10.4. The van der Waals surface area contributed by atoms with Crippen LogP contribution in [0.3, 0.4) is 0 Å². The fourth-order valence-electron chi connectivity index (χ4n) is 8.64. The molecular formula is C24H40O5. The highest BCUT2D eigenvalue weighted by molar-refractivity contribution is 5.83. The minimum absolute atomic E-state index is 0.165. The Morgan fingerprint density at radius 2 is 1.83 bits per heavy atom. The molecule has 4 rings (SSSR count). The molecule has 0 radical (unpaired) electrons. The van der Waals surface area contributed by atoms with Gasteiger partial charge in [0.25, 0.3) is 0 Å². The molecule has 0 aromatic carbocycles. The highest BCUT2D eigenvalue weighted by atomic mass is 16.7. The SMILES string of the molecule is COCO[C@@H]1CC[C@]2(COC)C3CC[C@]4(C(C)=O)C(CC[C@@H]4CO)C3CC[C@H]2C1. The molecule has 4 aliphatic carbocycles. The number of hydrogen-bond donors (Lipinski definition) is 1. The van der Waals surface area contributed by atoms with E-state index in [0.717, 1.165) is 51.6 Å². The molecule has 0 bridgehead atoms. The van der Waals surface area contributed by atoms with Gasteiger partial charge in [0.15, 0.2) is 0 Å². The molecule has 0 heterocycles. The van der Waals surface area contributed by atoms with Gasteiger partial charge in [0.05, 0.1) is 12.7 Å². The number of carbonyl (C=O) groups excluding carboxylic acids is 1. The van der Waals surface area contributed by atoms with Gasteiger partial charge in [0.1, 0.15) is 12.6 Å². The summed E-state index contributed by atoms with van der Waals surface area (Å²) in [6, 6.07) is 0. The summed E-state index contributed by atoms with van der Waals surface area (Å²) in [5, 5.41) is 10.0. The Morgan fingerprint density at radius 1 is 1.00 bits per heavy atom. The maximum atomic E-state index is 12.9. The van der Waals surface area contributed by atoms with Crippen LogP contribution in [0.15, 0.2) is 0 Å². The number of methoxy groups -OCH3 is 2. The number of ketones is 1. The van der Waals surface area contributed by atoms with Crippen LogP contribution >= 0.6 is 0 Å². The maximum Gasteiger partial charge on any atom is 0.146 e. The highest BCUT2D eigenvalue weighted by Crippen LogP contribution is 2.67. The Hall–Kier alpha value is -0.490. The molecule has 8 atom stereocenters. The Kier molecular flexibility index (Phi) is 6.42. The molecule has 0 amide bonds. The Morgan fingerprint density at radius 3 is 2.52 bits per heavy atom. The van der Waals surface area contributed by atoms with Crippen LogP contribution in [-0.2, 0) is 19.0 Å². The van der Waals surface area contributed by atoms with Gasteiger partial charge < -0.3 is 19.3 Å². The highest BCUT2D eigenvalue weighted by Gasteiger charge is 2.64. The first-order chi connectivity index (χ1) is 14.0. The monoisotopic (exact) mass is 408 g/mol. The van der Waals surface area contributed by atoms with Crippen molar-refractivity contribution in [2.45, 2.75) is 70.8 Å². The predicted molar refractivity (Wildman–Crippen MR) is 110 cm³/mol. The van der Waals surface area contributed by atoms with E-state index in [1.165, 1.54) is 12.8 Å². The first-order valence-electron chi connectivity index (χ1n) is 11.7. The van der Waals surface area contributed by atoms with Crippen LogP contribution < -0.4 is 0 Å². The normalized spacial score (nSPS) is 46.6. The number of aliphatic hydroxyl groups excluding tert-OH is 1. The van der Waals surface area contributed by atoms with Gasteiger partial charge in [-0.05, 0) is 99.7 Å². The van der Waals surface area contributed by atoms with E-state index in [0.29, 0.717) is 42.4 Å². The number of Topliss-reactive ketones (excluding diaryl/α,β-unsaturated/α-hetero) is 1. The van der Waals surface area contributed by atoms with Crippen LogP contribution in [0.5, 0.6) is 0 Å². The molecule has 0 aromatic heterocycles. The molecule has 3 unspecified atom stereocenters. The summed E-state index contributed by atoms with van der Waals surface area (Å²) < 4.78 is 17.0.